The van der Waals surface area contributed by atoms with Crippen molar-refractivity contribution in [2.75, 3.05) is 0 Å². The van der Waals surface area contributed by atoms with Gasteiger partial charge in [-0.05, 0) is 6.07 Å². The highest BCUT2D eigenvalue weighted by molar-refractivity contribution is 6.35. The van der Waals surface area contributed by atoms with Crippen molar-refractivity contribution in [1.29, 1.82) is 0 Å². The predicted molar refractivity (Wildman–Crippen MR) is 52.6 cm³/mol. The Hall–Kier alpha value is -1.33. The van der Waals surface area contributed by atoms with Crippen LogP contribution in [0.4, 0.5) is 5.69 Å². The Bertz CT molecular complexity index is 523. The number of nitro groups is 1. The standard InChI is InChI=1S/C7H3Cl2N3O2/c8-6-2-4-1-5(12(13)14)3-10-7(4)11(6)9/h1-3H. The Morgan fingerprint density at radius 1 is 1.50 bits per heavy atom. The monoisotopic (exact) mass is 231 g/mol. The van der Waals surface area contributed by atoms with Gasteiger partial charge >= 0.3 is 0 Å². The molecule has 0 saturated carbocycles. The van der Waals surface area contributed by atoms with Gasteiger partial charge in [0.05, 0.1) is 4.92 Å². The molecule has 5 nitrogen and oxygen atoms in total. The summed E-state index contributed by atoms with van der Waals surface area (Å²) in [5.74, 6) is 0. The molecule has 2 rings (SSSR count). The van der Waals surface area contributed by atoms with Gasteiger partial charge in [-0.1, -0.05) is 11.6 Å². The third-order valence-electron chi connectivity index (χ3n) is 1.74. The summed E-state index contributed by atoms with van der Waals surface area (Å²) in [6, 6.07) is 2.89. The maximum Gasteiger partial charge on any atom is 0.288 e. The lowest BCUT2D eigenvalue weighted by molar-refractivity contribution is -0.385. The number of fused-ring (bicyclic) bond motifs is 1. The average molecular weight is 232 g/mol. The molecule has 7 heteroatoms. The van der Waals surface area contributed by atoms with Crippen molar-refractivity contribution in [2.45, 2.75) is 0 Å². The van der Waals surface area contributed by atoms with Crippen molar-refractivity contribution >= 4 is 40.1 Å². The van der Waals surface area contributed by atoms with E-state index >= 15 is 0 Å². The Morgan fingerprint density at radius 2 is 2.21 bits per heavy atom. The first-order chi connectivity index (χ1) is 6.59. The smallest absolute Gasteiger partial charge is 0.258 e. The predicted octanol–water partition coefficient (Wildman–Crippen LogP) is 2.60. The van der Waals surface area contributed by atoms with Crippen LogP contribution in [0.3, 0.4) is 0 Å². The zero-order valence-electron chi connectivity index (χ0n) is 6.65. The van der Waals surface area contributed by atoms with Gasteiger partial charge in [0.1, 0.15) is 11.3 Å². The van der Waals surface area contributed by atoms with Gasteiger partial charge in [-0.2, -0.15) is 0 Å². The molecule has 0 aromatic carbocycles. The largest absolute Gasteiger partial charge is 0.288 e. The van der Waals surface area contributed by atoms with Gasteiger partial charge in [0, 0.05) is 23.2 Å². The van der Waals surface area contributed by atoms with Crippen LogP contribution in [-0.2, 0) is 0 Å². The van der Waals surface area contributed by atoms with Crippen molar-refractivity contribution in [1.82, 2.24) is 9.07 Å². The fraction of sp³-hybridized carbons (Fsp3) is 0. The first-order valence-corrected chi connectivity index (χ1v) is 4.29. The number of nitrogens with zero attached hydrogens (tertiary/aromatic N) is 3. The quantitative estimate of drug-likeness (QED) is 0.560. The molecule has 0 aliphatic heterocycles. The second-order valence-electron chi connectivity index (χ2n) is 2.61. The first-order valence-electron chi connectivity index (χ1n) is 3.57. The average Bonchev–Trinajstić information content (AvgIpc) is 2.42. The van der Waals surface area contributed by atoms with Gasteiger partial charge in [0.15, 0.2) is 5.65 Å². The molecule has 72 valence electrons. The number of aromatic nitrogens is 2. The maximum atomic E-state index is 10.4. The van der Waals surface area contributed by atoms with Gasteiger partial charge in [-0.25, -0.2) is 9.07 Å². The fourth-order valence-electron chi connectivity index (χ4n) is 1.12. The summed E-state index contributed by atoms with van der Waals surface area (Å²) >= 11 is 11.4. The lowest BCUT2D eigenvalue weighted by atomic mass is 10.3. The molecule has 2 aromatic rings. The van der Waals surface area contributed by atoms with Crippen LogP contribution in [0.2, 0.25) is 5.15 Å². The second kappa shape index (κ2) is 3.11. The van der Waals surface area contributed by atoms with E-state index in [0.717, 1.165) is 10.3 Å². The van der Waals surface area contributed by atoms with Crippen molar-refractivity contribution in [3.05, 3.63) is 33.6 Å². The summed E-state index contributed by atoms with van der Waals surface area (Å²) < 4.78 is 1.14. The molecule has 0 atom stereocenters. The zero-order chi connectivity index (χ0) is 10.3. The third kappa shape index (κ3) is 1.30. The molecule has 0 amide bonds. The third-order valence-corrected chi connectivity index (χ3v) is 2.45. The highest BCUT2D eigenvalue weighted by Gasteiger charge is 2.11. The lowest BCUT2D eigenvalue weighted by Gasteiger charge is -1.92. The highest BCUT2D eigenvalue weighted by Crippen LogP contribution is 2.25. The molecule has 0 radical (unpaired) electrons. The summed E-state index contributed by atoms with van der Waals surface area (Å²) in [6.45, 7) is 0. The molecule has 14 heavy (non-hydrogen) atoms. The van der Waals surface area contributed by atoms with Crippen LogP contribution in [0.15, 0.2) is 18.3 Å². The Kier molecular flexibility index (Phi) is 2.05. The maximum absolute atomic E-state index is 10.4. The Morgan fingerprint density at radius 3 is 2.86 bits per heavy atom. The molecule has 0 aliphatic carbocycles. The molecule has 0 unspecified atom stereocenters. The number of pyridine rings is 1. The van der Waals surface area contributed by atoms with E-state index in [1.807, 2.05) is 0 Å². The van der Waals surface area contributed by atoms with E-state index in [1.54, 1.807) is 0 Å². The molecule has 2 heterocycles. The van der Waals surface area contributed by atoms with E-state index < -0.39 is 4.92 Å². The first kappa shape index (κ1) is 9.23. The lowest BCUT2D eigenvalue weighted by Crippen LogP contribution is -1.89. The summed E-state index contributed by atoms with van der Waals surface area (Å²) in [4.78, 5) is 13.7. The van der Waals surface area contributed by atoms with Crippen molar-refractivity contribution in [2.24, 2.45) is 0 Å². The van der Waals surface area contributed by atoms with Crippen molar-refractivity contribution < 1.29 is 4.92 Å². The van der Waals surface area contributed by atoms with E-state index in [1.165, 1.54) is 12.1 Å². The number of hydrogen-bond donors (Lipinski definition) is 0. The van der Waals surface area contributed by atoms with Crippen molar-refractivity contribution in [3.63, 3.8) is 0 Å². The molecule has 0 aliphatic rings. The summed E-state index contributed by atoms with van der Waals surface area (Å²) in [5, 5.41) is 11.2. The summed E-state index contributed by atoms with van der Waals surface area (Å²) in [5.41, 5.74) is 0.318. The van der Waals surface area contributed by atoms with Crippen LogP contribution < -0.4 is 0 Å². The van der Waals surface area contributed by atoms with Gasteiger partial charge in [0.25, 0.3) is 5.69 Å². The number of rotatable bonds is 1. The van der Waals surface area contributed by atoms with Crippen LogP contribution in [0, 0.1) is 10.1 Å². The number of hydrogen-bond acceptors (Lipinski definition) is 3. The van der Waals surface area contributed by atoms with E-state index in [9.17, 15) is 10.1 Å². The van der Waals surface area contributed by atoms with Gasteiger partial charge in [-0.3, -0.25) is 10.1 Å². The van der Waals surface area contributed by atoms with Crippen LogP contribution in [0.5, 0.6) is 0 Å². The van der Waals surface area contributed by atoms with Crippen LogP contribution in [0.25, 0.3) is 11.0 Å². The van der Waals surface area contributed by atoms with Gasteiger partial charge in [0.2, 0.25) is 0 Å². The molecule has 2 aromatic heterocycles. The fourth-order valence-corrected chi connectivity index (χ4v) is 1.51. The van der Waals surface area contributed by atoms with Crippen molar-refractivity contribution in [3.8, 4) is 0 Å². The molecule has 0 bridgehead atoms. The molecular formula is C7H3Cl2N3O2. The zero-order valence-corrected chi connectivity index (χ0v) is 8.16. The van der Waals surface area contributed by atoms with Crippen LogP contribution in [-0.4, -0.2) is 14.0 Å². The second-order valence-corrected chi connectivity index (χ2v) is 3.34. The highest BCUT2D eigenvalue weighted by atomic mass is 35.5. The SMILES string of the molecule is O=[N+]([O-])c1cnc2c(c1)cc(Cl)n2Cl. The Balaban J connectivity index is 2.73. The normalized spacial score (nSPS) is 10.7. The van der Waals surface area contributed by atoms with E-state index in [2.05, 4.69) is 4.98 Å². The number of halogens is 2. The molecule has 0 N–H and O–H groups in total. The van der Waals surface area contributed by atoms with Crippen LogP contribution in [0.1, 0.15) is 0 Å². The molecule has 0 saturated heterocycles. The summed E-state index contributed by atoms with van der Waals surface area (Å²) in [7, 11) is 0. The minimum absolute atomic E-state index is 0.0866. The molecular weight excluding hydrogens is 229 g/mol. The van der Waals surface area contributed by atoms with Crippen LogP contribution >= 0.6 is 23.4 Å². The summed E-state index contributed by atoms with van der Waals surface area (Å²) in [6.07, 6.45) is 1.14. The minimum Gasteiger partial charge on any atom is -0.258 e. The topological polar surface area (TPSA) is 61.0 Å². The minimum atomic E-state index is -0.522. The molecule has 0 spiro atoms. The molecule has 0 fully saturated rings. The van der Waals surface area contributed by atoms with E-state index in [4.69, 9.17) is 23.4 Å². The van der Waals surface area contributed by atoms with E-state index in [0.29, 0.717) is 11.0 Å². The van der Waals surface area contributed by atoms with Gasteiger partial charge in [-0.15, -0.1) is 0 Å². The Labute approximate surface area is 88.1 Å². The van der Waals surface area contributed by atoms with Gasteiger partial charge < -0.3 is 0 Å². The van der Waals surface area contributed by atoms with E-state index in [-0.39, 0.29) is 10.8 Å².